The number of hydrogen-bond donors (Lipinski definition) is 2. The summed E-state index contributed by atoms with van der Waals surface area (Å²) in [5.41, 5.74) is -0.294. The average molecular weight is 271 g/mol. The summed E-state index contributed by atoms with van der Waals surface area (Å²) in [6.45, 7) is 3.67. The SMILES string of the molecule is CC(C)NC1=NC(c2cc(F)c(F)cc2F)C(=O)N1. The van der Waals surface area contributed by atoms with Crippen molar-refractivity contribution in [3.05, 3.63) is 35.1 Å². The van der Waals surface area contributed by atoms with E-state index in [4.69, 9.17) is 0 Å². The lowest BCUT2D eigenvalue weighted by Crippen LogP contribution is -2.40. The smallest absolute Gasteiger partial charge is 0.256 e. The van der Waals surface area contributed by atoms with Crippen molar-refractivity contribution in [1.82, 2.24) is 10.6 Å². The minimum Gasteiger partial charge on any atom is -0.354 e. The van der Waals surface area contributed by atoms with Gasteiger partial charge in [0, 0.05) is 17.7 Å². The average Bonchev–Trinajstić information content (AvgIpc) is 2.63. The number of aliphatic imine (C=N–C) groups is 1. The molecule has 1 atom stereocenters. The molecular weight excluding hydrogens is 259 g/mol. The molecule has 1 aromatic carbocycles. The number of nitrogens with zero attached hydrogens (tertiary/aromatic N) is 1. The Bertz CT molecular complexity index is 557. The highest BCUT2D eigenvalue weighted by Crippen LogP contribution is 2.25. The summed E-state index contributed by atoms with van der Waals surface area (Å²) in [5.74, 6) is -3.93. The van der Waals surface area contributed by atoms with Crippen molar-refractivity contribution in [2.45, 2.75) is 25.9 Å². The van der Waals surface area contributed by atoms with Crippen LogP contribution in [0.1, 0.15) is 25.5 Å². The fourth-order valence-electron chi connectivity index (χ4n) is 1.71. The van der Waals surface area contributed by atoms with Gasteiger partial charge >= 0.3 is 0 Å². The highest BCUT2D eigenvalue weighted by Gasteiger charge is 2.31. The van der Waals surface area contributed by atoms with Gasteiger partial charge in [-0.2, -0.15) is 0 Å². The first-order valence-electron chi connectivity index (χ1n) is 5.68. The first-order chi connectivity index (χ1) is 8.88. The van der Waals surface area contributed by atoms with E-state index >= 15 is 0 Å². The molecule has 1 aromatic rings. The third-order valence-electron chi connectivity index (χ3n) is 2.51. The molecule has 1 aliphatic heterocycles. The van der Waals surface area contributed by atoms with Gasteiger partial charge in [-0.3, -0.25) is 10.1 Å². The number of nitrogens with one attached hydrogen (secondary N) is 2. The summed E-state index contributed by atoms with van der Waals surface area (Å²) in [4.78, 5) is 15.6. The number of guanidine groups is 1. The standard InChI is InChI=1S/C12H12F3N3O/c1-5(2)16-12-17-10(11(19)18-12)6-3-8(14)9(15)4-7(6)13/h3-5,10H,1-2H3,(H2,16,17,18,19). The highest BCUT2D eigenvalue weighted by atomic mass is 19.2. The number of rotatable bonds is 2. The van der Waals surface area contributed by atoms with Crippen LogP contribution >= 0.6 is 0 Å². The Kier molecular flexibility index (Phi) is 3.46. The van der Waals surface area contributed by atoms with Crippen molar-refractivity contribution >= 4 is 11.9 Å². The predicted octanol–water partition coefficient (Wildman–Crippen LogP) is 1.63. The molecule has 0 fully saturated rings. The maximum absolute atomic E-state index is 13.6. The number of halogens is 3. The van der Waals surface area contributed by atoms with E-state index < -0.39 is 29.4 Å². The summed E-state index contributed by atoms with van der Waals surface area (Å²) >= 11 is 0. The molecule has 2 N–H and O–H groups in total. The van der Waals surface area contributed by atoms with Crippen molar-refractivity contribution in [2.75, 3.05) is 0 Å². The van der Waals surface area contributed by atoms with E-state index in [1.165, 1.54) is 0 Å². The molecule has 0 aromatic heterocycles. The molecule has 1 unspecified atom stereocenters. The van der Waals surface area contributed by atoms with E-state index in [-0.39, 0.29) is 17.6 Å². The zero-order valence-electron chi connectivity index (χ0n) is 10.3. The molecule has 7 heteroatoms. The number of hydrogen-bond acceptors (Lipinski definition) is 3. The number of carbonyl (C=O) groups excluding carboxylic acids is 1. The molecule has 0 bridgehead atoms. The number of amides is 1. The van der Waals surface area contributed by atoms with Crippen molar-refractivity contribution in [3.63, 3.8) is 0 Å². The van der Waals surface area contributed by atoms with Gasteiger partial charge in [-0.05, 0) is 19.9 Å². The molecule has 1 aliphatic rings. The normalized spacial score (nSPS) is 18.5. The topological polar surface area (TPSA) is 53.5 Å². The summed E-state index contributed by atoms with van der Waals surface area (Å²) < 4.78 is 39.5. The van der Waals surface area contributed by atoms with Gasteiger partial charge in [0.05, 0.1) is 0 Å². The van der Waals surface area contributed by atoms with Crippen molar-refractivity contribution in [3.8, 4) is 0 Å². The molecule has 0 saturated carbocycles. The first kappa shape index (κ1) is 13.4. The second-order valence-electron chi connectivity index (χ2n) is 4.46. The lowest BCUT2D eigenvalue weighted by Gasteiger charge is -2.07. The predicted molar refractivity (Wildman–Crippen MR) is 62.9 cm³/mol. The third kappa shape index (κ3) is 2.69. The minimum atomic E-state index is -1.30. The van der Waals surface area contributed by atoms with Gasteiger partial charge < -0.3 is 5.32 Å². The summed E-state index contributed by atoms with van der Waals surface area (Å²) in [6.07, 6.45) is 0. The fourth-order valence-corrected chi connectivity index (χ4v) is 1.71. The van der Waals surface area contributed by atoms with Crippen LogP contribution in [0.25, 0.3) is 0 Å². The molecular formula is C12H12F3N3O. The van der Waals surface area contributed by atoms with E-state index in [9.17, 15) is 18.0 Å². The van der Waals surface area contributed by atoms with Crippen LogP contribution in [-0.2, 0) is 4.79 Å². The summed E-state index contributed by atoms with van der Waals surface area (Å²) in [6, 6.07) is -0.137. The first-order valence-corrected chi connectivity index (χ1v) is 5.68. The van der Waals surface area contributed by atoms with Gasteiger partial charge in [0.25, 0.3) is 5.91 Å². The van der Waals surface area contributed by atoms with Crippen molar-refractivity contribution in [2.24, 2.45) is 4.99 Å². The Hall–Kier alpha value is -2.05. The number of carbonyl (C=O) groups is 1. The lowest BCUT2D eigenvalue weighted by molar-refractivity contribution is -0.120. The Morgan fingerprint density at radius 3 is 2.47 bits per heavy atom. The molecule has 4 nitrogen and oxygen atoms in total. The van der Waals surface area contributed by atoms with E-state index in [1.807, 2.05) is 13.8 Å². The molecule has 0 radical (unpaired) electrons. The van der Waals surface area contributed by atoms with Gasteiger partial charge in [-0.25, -0.2) is 18.2 Å². The molecule has 102 valence electrons. The van der Waals surface area contributed by atoms with Crippen molar-refractivity contribution < 1.29 is 18.0 Å². The van der Waals surface area contributed by atoms with Crippen LogP contribution in [0.15, 0.2) is 17.1 Å². The van der Waals surface area contributed by atoms with E-state index in [1.54, 1.807) is 0 Å². The Morgan fingerprint density at radius 2 is 1.84 bits per heavy atom. The second-order valence-corrected chi connectivity index (χ2v) is 4.46. The van der Waals surface area contributed by atoms with Gasteiger partial charge in [0.1, 0.15) is 5.82 Å². The Labute approximate surface area is 107 Å². The molecule has 0 spiro atoms. The maximum Gasteiger partial charge on any atom is 0.256 e. The molecule has 0 saturated heterocycles. The van der Waals surface area contributed by atoms with Crippen LogP contribution in [0.2, 0.25) is 0 Å². The fraction of sp³-hybridized carbons (Fsp3) is 0.333. The summed E-state index contributed by atoms with van der Waals surface area (Å²) in [5, 5.41) is 5.26. The van der Waals surface area contributed by atoms with Gasteiger partial charge in [-0.1, -0.05) is 0 Å². The zero-order chi connectivity index (χ0) is 14.2. The van der Waals surface area contributed by atoms with Gasteiger partial charge in [-0.15, -0.1) is 0 Å². The molecule has 1 heterocycles. The zero-order valence-corrected chi connectivity index (χ0v) is 10.3. The van der Waals surface area contributed by atoms with Crippen molar-refractivity contribution in [1.29, 1.82) is 0 Å². The quantitative estimate of drug-likeness (QED) is 0.803. The number of benzene rings is 1. The maximum atomic E-state index is 13.6. The molecule has 0 aliphatic carbocycles. The van der Waals surface area contributed by atoms with Gasteiger partial charge in [0.2, 0.25) is 0 Å². The van der Waals surface area contributed by atoms with Crippen LogP contribution in [-0.4, -0.2) is 17.9 Å². The van der Waals surface area contributed by atoms with Crippen LogP contribution in [0.3, 0.4) is 0 Å². The highest BCUT2D eigenvalue weighted by molar-refractivity contribution is 6.05. The molecule has 2 rings (SSSR count). The molecule has 1 amide bonds. The van der Waals surface area contributed by atoms with E-state index in [0.717, 1.165) is 0 Å². The molecule has 19 heavy (non-hydrogen) atoms. The lowest BCUT2D eigenvalue weighted by atomic mass is 10.1. The van der Waals surface area contributed by atoms with Crippen LogP contribution in [0.4, 0.5) is 13.2 Å². The third-order valence-corrected chi connectivity index (χ3v) is 2.51. The summed E-state index contributed by atoms with van der Waals surface area (Å²) in [7, 11) is 0. The Morgan fingerprint density at radius 1 is 1.21 bits per heavy atom. The van der Waals surface area contributed by atoms with Crippen LogP contribution in [0, 0.1) is 17.5 Å². The Balaban J connectivity index is 2.34. The van der Waals surface area contributed by atoms with Gasteiger partial charge in [0.15, 0.2) is 23.6 Å². The largest absolute Gasteiger partial charge is 0.354 e. The van der Waals surface area contributed by atoms with E-state index in [2.05, 4.69) is 15.6 Å². The van der Waals surface area contributed by atoms with E-state index in [0.29, 0.717) is 12.1 Å². The van der Waals surface area contributed by atoms with Crippen LogP contribution < -0.4 is 10.6 Å². The second kappa shape index (κ2) is 4.91. The minimum absolute atomic E-state index is 0.0209. The monoisotopic (exact) mass is 271 g/mol. The van der Waals surface area contributed by atoms with Crippen LogP contribution in [0.5, 0.6) is 0 Å².